The van der Waals surface area contributed by atoms with Crippen molar-refractivity contribution in [3.63, 3.8) is 0 Å². The maximum absolute atomic E-state index is 13.4. The topological polar surface area (TPSA) is 82.5 Å². The van der Waals surface area contributed by atoms with Gasteiger partial charge in [0.2, 0.25) is 5.88 Å². The molecule has 33 heavy (non-hydrogen) atoms. The minimum absolute atomic E-state index is 0.0948. The molecule has 7 heteroatoms. The van der Waals surface area contributed by atoms with Gasteiger partial charge in [0.05, 0.1) is 26.0 Å². The lowest BCUT2D eigenvalue weighted by Gasteiger charge is -2.54. The predicted molar refractivity (Wildman–Crippen MR) is 126 cm³/mol. The van der Waals surface area contributed by atoms with Crippen LogP contribution in [0.15, 0.2) is 17.8 Å². The Labute approximate surface area is 197 Å². The van der Waals surface area contributed by atoms with Gasteiger partial charge in [-0.1, -0.05) is 26.8 Å². The average molecular weight is 458 g/mol. The van der Waals surface area contributed by atoms with Gasteiger partial charge in [0, 0.05) is 11.6 Å². The highest BCUT2D eigenvalue weighted by Gasteiger charge is 2.48. The number of carbonyl (C=O) groups excluding carboxylic acids is 2. The third-order valence-electron chi connectivity index (χ3n) is 7.54. The largest absolute Gasteiger partial charge is 0.477 e. The molecule has 7 nitrogen and oxygen atoms in total. The second-order valence-corrected chi connectivity index (χ2v) is 10.5. The van der Waals surface area contributed by atoms with Crippen molar-refractivity contribution in [1.29, 1.82) is 0 Å². The van der Waals surface area contributed by atoms with Crippen molar-refractivity contribution in [2.75, 3.05) is 13.2 Å². The zero-order chi connectivity index (χ0) is 23.5. The summed E-state index contributed by atoms with van der Waals surface area (Å²) in [5.41, 5.74) is 1.08. The highest BCUT2D eigenvalue weighted by atomic mass is 16.5. The van der Waals surface area contributed by atoms with E-state index in [1.807, 2.05) is 13.0 Å². The number of nitrogens with one attached hydrogen (secondary N) is 1. The van der Waals surface area contributed by atoms with Gasteiger partial charge in [-0.25, -0.2) is 9.48 Å². The maximum Gasteiger partial charge on any atom is 0.333 e. The number of carbonyl (C=O) groups is 2. The van der Waals surface area contributed by atoms with Gasteiger partial charge in [-0.2, -0.15) is 5.10 Å². The molecule has 1 aromatic rings. The number of hydrogen-bond acceptors (Lipinski definition) is 5. The van der Waals surface area contributed by atoms with E-state index in [2.05, 4.69) is 24.3 Å². The van der Waals surface area contributed by atoms with E-state index in [1.165, 1.54) is 32.1 Å². The predicted octanol–water partition coefficient (Wildman–Crippen LogP) is 4.37. The molecule has 1 heterocycles. The molecule has 0 unspecified atom stereocenters. The van der Waals surface area contributed by atoms with Crippen molar-refractivity contribution in [1.82, 2.24) is 15.1 Å². The summed E-state index contributed by atoms with van der Waals surface area (Å²) in [6.07, 6.45) is 10.4. The molecule has 4 aliphatic rings. The van der Waals surface area contributed by atoms with Gasteiger partial charge in [0.1, 0.15) is 5.56 Å². The van der Waals surface area contributed by atoms with Crippen LogP contribution in [0.1, 0.15) is 76.6 Å². The molecule has 5 rings (SSSR count). The standard InChI is InChI=1S/C26H39N3O4/c1-5-19(26(31)32-6-2)7-8-29-25(33-15-16(3)4)22(14-27-29)24(30)28-23-20-10-17-9-18(12-20)13-21(23)11-17/h7,14,16-18,20-21,23H,5-6,8-13,15H2,1-4H3,(H,28,30)/b19-7+. The summed E-state index contributed by atoms with van der Waals surface area (Å²) in [6, 6.07) is 0.266. The van der Waals surface area contributed by atoms with Gasteiger partial charge in [-0.15, -0.1) is 0 Å². The molecule has 0 atom stereocenters. The van der Waals surface area contributed by atoms with Crippen LogP contribution in [0.5, 0.6) is 5.88 Å². The molecule has 0 aromatic carbocycles. The van der Waals surface area contributed by atoms with Crippen LogP contribution in [0.3, 0.4) is 0 Å². The summed E-state index contributed by atoms with van der Waals surface area (Å²) >= 11 is 0. The Bertz CT molecular complexity index is 860. The second kappa shape index (κ2) is 10.3. The lowest BCUT2D eigenvalue weighted by Crippen LogP contribution is -2.55. The van der Waals surface area contributed by atoms with Crippen LogP contribution >= 0.6 is 0 Å². The first-order valence-corrected chi connectivity index (χ1v) is 12.7. The lowest BCUT2D eigenvalue weighted by atomic mass is 9.54. The third kappa shape index (κ3) is 5.28. The number of amides is 1. The summed E-state index contributed by atoms with van der Waals surface area (Å²) in [4.78, 5) is 25.5. The zero-order valence-electron chi connectivity index (χ0n) is 20.5. The van der Waals surface area contributed by atoms with E-state index in [9.17, 15) is 9.59 Å². The van der Waals surface area contributed by atoms with Crippen LogP contribution in [0, 0.1) is 29.6 Å². The molecule has 1 amide bonds. The molecule has 0 aliphatic heterocycles. The Balaban J connectivity index is 1.50. The lowest BCUT2D eigenvalue weighted by molar-refractivity contribution is -0.138. The van der Waals surface area contributed by atoms with E-state index in [0.29, 0.717) is 60.9 Å². The van der Waals surface area contributed by atoms with Crippen LogP contribution in [-0.2, 0) is 16.1 Å². The summed E-state index contributed by atoms with van der Waals surface area (Å²) in [5, 5.41) is 7.81. The van der Waals surface area contributed by atoms with E-state index in [-0.39, 0.29) is 17.9 Å². The fraction of sp³-hybridized carbons (Fsp3) is 0.731. The normalized spacial score (nSPS) is 28.3. The number of ether oxygens (including phenoxy) is 2. The van der Waals surface area contributed by atoms with Crippen molar-refractivity contribution in [2.45, 2.75) is 78.8 Å². The van der Waals surface area contributed by atoms with E-state index in [4.69, 9.17) is 9.47 Å². The second-order valence-electron chi connectivity index (χ2n) is 10.5. The van der Waals surface area contributed by atoms with Crippen molar-refractivity contribution in [3.8, 4) is 5.88 Å². The molecule has 182 valence electrons. The Hall–Kier alpha value is -2.31. The van der Waals surface area contributed by atoms with Gasteiger partial charge in [-0.3, -0.25) is 4.79 Å². The smallest absolute Gasteiger partial charge is 0.333 e. The molecule has 4 bridgehead atoms. The minimum atomic E-state index is -0.309. The molecule has 0 spiro atoms. The van der Waals surface area contributed by atoms with Gasteiger partial charge in [0.15, 0.2) is 0 Å². The fourth-order valence-electron chi connectivity index (χ4n) is 6.24. The van der Waals surface area contributed by atoms with Crippen molar-refractivity contribution >= 4 is 11.9 Å². The van der Waals surface area contributed by atoms with Gasteiger partial charge >= 0.3 is 5.97 Å². The zero-order valence-corrected chi connectivity index (χ0v) is 20.5. The first-order chi connectivity index (χ1) is 15.9. The molecule has 1 aromatic heterocycles. The highest BCUT2D eigenvalue weighted by Crippen LogP contribution is 2.53. The Morgan fingerprint density at radius 3 is 2.39 bits per heavy atom. The van der Waals surface area contributed by atoms with Crippen LogP contribution in [0.4, 0.5) is 0 Å². The summed E-state index contributed by atoms with van der Waals surface area (Å²) < 4.78 is 12.9. The van der Waals surface area contributed by atoms with Gasteiger partial charge in [0.25, 0.3) is 5.91 Å². The SMILES string of the molecule is CCOC(=O)/C(=C/Cn1ncc(C(=O)NC2C3CC4CC(C3)CC2C4)c1OCC(C)C)CC. The minimum Gasteiger partial charge on any atom is -0.477 e. The quantitative estimate of drug-likeness (QED) is 0.417. The monoisotopic (exact) mass is 457 g/mol. The number of allylic oxidation sites excluding steroid dienone is 1. The molecular formula is C26H39N3O4. The van der Waals surface area contributed by atoms with Crippen LogP contribution < -0.4 is 10.1 Å². The molecule has 0 saturated heterocycles. The molecule has 4 aliphatic carbocycles. The molecule has 4 fully saturated rings. The number of esters is 1. The van der Waals surface area contributed by atoms with E-state index < -0.39 is 0 Å². The van der Waals surface area contributed by atoms with Crippen molar-refractivity contribution < 1.29 is 19.1 Å². The Morgan fingerprint density at radius 2 is 1.82 bits per heavy atom. The fourth-order valence-corrected chi connectivity index (χ4v) is 6.24. The van der Waals surface area contributed by atoms with Crippen molar-refractivity contribution in [2.24, 2.45) is 29.6 Å². The van der Waals surface area contributed by atoms with E-state index >= 15 is 0 Å². The molecule has 4 saturated carbocycles. The van der Waals surface area contributed by atoms with Crippen LogP contribution in [0.2, 0.25) is 0 Å². The summed E-state index contributed by atoms with van der Waals surface area (Å²) in [6.45, 7) is 9.05. The molecule has 1 N–H and O–H groups in total. The Morgan fingerprint density at radius 1 is 1.15 bits per heavy atom. The summed E-state index contributed by atoms with van der Waals surface area (Å²) in [5.74, 6) is 3.34. The Kier molecular flexibility index (Phi) is 7.45. The first-order valence-electron chi connectivity index (χ1n) is 12.7. The average Bonchev–Trinajstić information content (AvgIpc) is 3.17. The number of nitrogens with zero attached hydrogens (tertiary/aromatic N) is 2. The van der Waals surface area contributed by atoms with Crippen LogP contribution in [0.25, 0.3) is 0 Å². The summed E-state index contributed by atoms with van der Waals surface area (Å²) in [7, 11) is 0. The van der Waals surface area contributed by atoms with Gasteiger partial charge < -0.3 is 14.8 Å². The van der Waals surface area contributed by atoms with Gasteiger partial charge in [-0.05, 0) is 75.0 Å². The highest BCUT2D eigenvalue weighted by molar-refractivity contribution is 5.96. The van der Waals surface area contributed by atoms with E-state index in [1.54, 1.807) is 17.8 Å². The number of hydrogen-bond donors (Lipinski definition) is 1. The molecular weight excluding hydrogens is 418 g/mol. The number of aromatic nitrogens is 2. The van der Waals surface area contributed by atoms with E-state index in [0.717, 1.165) is 11.8 Å². The molecule has 0 radical (unpaired) electrons. The maximum atomic E-state index is 13.4. The third-order valence-corrected chi connectivity index (χ3v) is 7.54. The van der Waals surface area contributed by atoms with Crippen molar-refractivity contribution in [3.05, 3.63) is 23.4 Å². The number of rotatable bonds is 10. The van der Waals surface area contributed by atoms with Crippen LogP contribution in [-0.4, -0.2) is 40.9 Å². The first kappa shape index (κ1) is 23.8.